The summed E-state index contributed by atoms with van der Waals surface area (Å²) in [7, 11) is 0. The van der Waals surface area contributed by atoms with Crippen LogP contribution in [0.3, 0.4) is 0 Å². The van der Waals surface area contributed by atoms with Crippen LogP contribution in [0, 0.1) is 0 Å². The summed E-state index contributed by atoms with van der Waals surface area (Å²) in [4.78, 5) is 2.39. The van der Waals surface area contributed by atoms with E-state index in [1.54, 1.807) is 0 Å². The summed E-state index contributed by atoms with van der Waals surface area (Å²) in [5.41, 5.74) is 10.5. The Morgan fingerprint density at radius 3 is 1.39 bits per heavy atom. The lowest BCUT2D eigenvalue weighted by atomic mass is 9.93. The molecule has 0 N–H and O–H groups in total. The molecule has 0 fully saturated rings. The Kier molecular flexibility index (Phi) is 7.89. The summed E-state index contributed by atoms with van der Waals surface area (Å²) in [6.45, 7) is 0. The number of hydrogen-bond acceptors (Lipinski definition) is 1. The average Bonchev–Trinajstić information content (AvgIpc) is 3.29. The van der Waals surface area contributed by atoms with Crippen molar-refractivity contribution < 1.29 is 0 Å². The molecule has 0 aliphatic heterocycles. The number of rotatable bonds is 6. The molecule has 0 aliphatic carbocycles. The zero-order valence-corrected chi connectivity index (χ0v) is 31.3. The van der Waals surface area contributed by atoms with Crippen LogP contribution in [0.5, 0.6) is 0 Å². The van der Waals surface area contributed by atoms with E-state index in [9.17, 15) is 0 Å². The lowest BCUT2D eigenvalue weighted by molar-refractivity contribution is 1.28. The zero-order chi connectivity index (χ0) is 37.7. The van der Waals surface area contributed by atoms with Crippen LogP contribution < -0.4 is 4.90 Å². The van der Waals surface area contributed by atoms with Gasteiger partial charge < -0.3 is 4.90 Å². The first-order chi connectivity index (χ1) is 28.2. The van der Waals surface area contributed by atoms with Crippen LogP contribution in [0.25, 0.3) is 87.2 Å². The van der Waals surface area contributed by atoms with Gasteiger partial charge in [0.1, 0.15) is 0 Å². The highest BCUT2D eigenvalue weighted by Gasteiger charge is 2.16. The van der Waals surface area contributed by atoms with Crippen LogP contribution in [-0.4, -0.2) is 0 Å². The van der Waals surface area contributed by atoms with Gasteiger partial charge in [-0.05, 0) is 136 Å². The summed E-state index contributed by atoms with van der Waals surface area (Å²) < 4.78 is 0. The molecular formula is C56H37N. The molecule has 0 aliphatic rings. The Balaban J connectivity index is 1.03. The fourth-order valence-electron chi connectivity index (χ4n) is 8.82. The SMILES string of the molecule is c1ccc(-c2cccc(N(c3ccc(-c4cc5ccccc5c5ccccc45)cc3)c3cccc(-c4ccc5c(ccc6c7ccccc7ccc56)c4)c3)c2)cc1. The molecule has 11 rings (SSSR count). The molecule has 266 valence electrons. The smallest absolute Gasteiger partial charge is 0.0467 e. The highest BCUT2D eigenvalue weighted by Crippen LogP contribution is 2.41. The number of fused-ring (bicyclic) bond motifs is 8. The van der Waals surface area contributed by atoms with Gasteiger partial charge in [0.2, 0.25) is 0 Å². The predicted octanol–water partition coefficient (Wildman–Crippen LogP) is 15.9. The normalized spacial score (nSPS) is 11.5. The van der Waals surface area contributed by atoms with Crippen LogP contribution in [-0.2, 0) is 0 Å². The van der Waals surface area contributed by atoms with E-state index in [0.29, 0.717) is 0 Å². The third-order valence-corrected chi connectivity index (χ3v) is 11.6. The molecule has 1 heteroatoms. The largest absolute Gasteiger partial charge is 0.310 e. The maximum absolute atomic E-state index is 2.39. The van der Waals surface area contributed by atoms with E-state index in [0.717, 1.165) is 17.1 Å². The van der Waals surface area contributed by atoms with E-state index >= 15 is 0 Å². The van der Waals surface area contributed by atoms with Crippen molar-refractivity contribution >= 4 is 70.9 Å². The standard InChI is InChI=1S/C56H37N/c1-2-12-38(13-3-1)41-16-10-18-47(35-41)57(46-29-24-40(25-30-46)56-37-44-15-5-7-21-50(44)52-22-8-9-23-53(52)56)48-19-11-17-42(36-48)43-27-31-51-45(34-43)28-33-54-49-20-6-4-14-39(49)26-32-55(51)54/h1-37H. The molecule has 0 aromatic heterocycles. The lowest BCUT2D eigenvalue weighted by Crippen LogP contribution is -2.10. The van der Waals surface area contributed by atoms with E-state index in [1.165, 1.54) is 87.2 Å². The van der Waals surface area contributed by atoms with Gasteiger partial charge in [0, 0.05) is 17.1 Å². The van der Waals surface area contributed by atoms with Crippen molar-refractivity contribution in [2.24, 2.45) is 0 Å². The molecule has 11 aromatic rings. The number of benzene rings is 11. The van der Waals surface area contributed by atoms with Crippen molar-refractivity contribution in [1.82, 2.24) is 0 Å². The van der Waals surface area contributed by atoms with E-state index in [4.69, 9.17) is 0 Å². The molecular weight excluding hydrogens is 687 g/mol. The summed E-state index contributed by atoms with van der Waals surface area (Å²) in [5, 5.41) is 12.7. The Hall–Kier alpha value is -7.48. The van der Waals surface area contributed by atoms with Crippen molar-refractivity contribution in [1.29, 1.82) is 0 Å². The van der Waals surface area contributed by atoms with Gasteiger partial charge in [0.25, 0.3) is 0 Å². The second kappa shape index (κ2) is 13.7. The Bertz CT molecular complexity index is 3290. The molecule has 1 nitrogen and oxygen atoms in total. The fourth-order valence-corrected chi connectivity index (χ4v) is 8.82. The van der Waals surface area contributed by atoms with Crippen molar-refractivity contribution in [2.45, 2.75) is 0 Å². The topological polar surface area (TPSA) is 3.24 Å². The second-order valence-electron chi connectivity index (χ2n) is 14.9. The van der Waals surface area contributed by atoms with Crippen LogP contribution in [0.1, 0.15) is 0 Å². The van der Waals surface area contributed by atoms with Gasteiger partial charge in [-0.15, -0.1) is 0 Å². The summed E-state index contributed by atoms with van der Waals surface area (Å²) in [6, 6.07) is 82.0. The lowest BCUT2D eigenvalue weighted by Gasteiger charge is -2.27. The molecule has 0 heterocycles. The van der Waals surface area contributed by atoms with Crippen molar-refractivity contribution in [3.05, 3.63) is 224 Å². The molecule has 0 radical (unpaired) electrons. The van der Waals surface area contributed by atoms with Gasteiger partial charge in [-0.3, -0.25) is 0 Å². The minimum atomic E-state index is 1.10. The third kappa shape index (κ3) is 5.80. The quantitative estimate of drug-likeness (QED) is 0.154. The van der Waals surface area contributed by atoms with E-state index < -0.39 is 0 Å². The highest BCUT2D eigenvalue weighted by atomic mass is 15.1. The molecule has 0 saturated carbocycles. The predicted molar refractivity (Wildman–Crippen MR) is 245 cm³/mol. The minimum Gasteiger partial charge on any atom is -0.310 e. The van der Waals surface area contributed by atoms with Crippen molar-refractivity contribution in [3.8, 4) is 33.4 Å². The van der Waals surface area contributed by atoms with E-state index in [-0.39, 0.29) is 0 Å². The van der Waals surface area contributed by atoms with Crippen molar-refractivity contribution in [2.75, 3.05) is 4.90 Å². The first kappa shape index (κ1) is 32.9. The number of hydrogen-bond donors (Lipinski definition) is 0. The van der Waals surface area contributed by atoms with Crippen LogP contribution in [0.4, 0.5) is 17.1 Å². The van der Waals surface area contributed by atoms with E-state index in [1.807, 2.05) is 0 Å². The van der Waals surface area contributed by atoms with Crippen LogP contribution >= 0.6 is 0 Å². The highest BCUT2D eigenvalue weighted by molar-refractivity contribution is 6.18. The Morgan fingerprint density at radius 1 is 0.211 bits per heavy atom. The molecule has 57 heavy (non-hydrogen) atoms. The molecule has 0 unspecified atom stereocenters. The number of nitrogens with zero attached hydrogens (tertiary/aromatic N) is 1. The van der Waals surface area contributed by atoms with Crippen LogP contribution in [0.2, 0.25) is 0 Å². The summed E-state index contributed by atoms with van der Waals surface area (Å²) in [5.74, 6) is 0. The summed E-state index contributed by atoms with van der Waals surface area (Å²) >= 11 is 0. The second-order valence-corrected chi connectivity index (χ2v) is 14.9. The Labute approximate surface area is 332 Å². The molecule has 11 aromatic carbocycles. The monoisotopic (exact) mass is 723 g/mol. The molecule has 0 atom stereocenters. The molecule has 0 bridgehead atoms. The fraction of sp³-hybridized carbons (Fsp3) is 0. The van der Waals surface area contributed by atoms with Gasteiger partial charge in [-0.2, -0.15) is 0 Å². The average molecular weight is 724 g/mol. The maximum Gasteiger partial charge on any atom is 0.0467 e. The summed E-state index contributed by atoms with van der Waals surface area (Å²) in [6.07, 6.45) is 0. The maximum atomic E-state index is 2.39. The van der Waals surface area contributed by atoms with Gasteiger partial charge in [-0.1, -0.05) is 176 Å². The zero-order valence-electron chi connectivity index (χ0n) is 31.3. The first-order valence-corrected chi connectivity index (χ1v) is 19.7. The van der Waals surface area contributed by atoms with Gasteiger partial charge in [-0.25, -0.2) is 0 Å². The van der Waals surface area contributed by atoms with Gasteiger partial charge in [0.15, 0.2) is 0 Å². The number of anilines is 3. The molecule has 0 saturated heterocycles. The minimum absolute atomic E-state index is 1.10. The molecule has 0 amide bonds. The van der Waals surface area contributed by atoms with Crippen LogP contribution in [0.15, 0.2) is 224 Å². The van der Waals surface area contributed by atoms with Crippen molar-refractivity contribution in [3.63, 3.8) is 0 Å². The van der Waals surface area contributed by atoms with Gasteiger partial charge >= 0.3 is 0 Å². The molecule has 0 spiro atoms. The first-order valence-electron chi connectivity index (χ1n) is 19.7. The Morgan fingerprint density at radius 2 is 0.667 bits per heavy atom. The van der Waals surface area contributed by atoms with E-state index in [2.05, 4.69) is 229 Å². The van der Waals surface area contributed by atoms with Gasteiger partial charge in [0.05, 0.1) is 0 Å². The third-order valence-electron chi connectivity index (χ3n) is 11.6.